The van der Waals surface area contributed by atoms with Crippen molar-refractivity contribution in [1.82, 2.24) is 14.8 Å². The number of carbonyl (C=O) groups excluding carboxylic acids is 1. The number of amides is 1. The van der Waals surface area contributed by atoms with Crippen LogP contribution in [0.25, 0.3) is 16.5 Å². The molecule has 13 heteroatoms. The zero-order valence-corrected chi connectivity index (χ0v) is 18.4. The number of nitrogens with one attached hydrogen (secondary N) is 2. The lowest BCUT2D eigenvalue weighted by Crippen LogP contribution is -2.21. The summed E-state index contributed by atoms with van der Waals surface area (Å²) in [5, 5.41) is 15.3. The van der Waals surface area contributed by atoms with E-state index >= 15 is 0 Å². The number of pyridine rings is 1. The SMILES string of the molecule is COc1cc(NC(=O)c2cnn(-c3cccc4c(=O)[nH]ccc34)c2C(F)(F)F)cc(OCC(=O)O)c1. The molecule has 0 aliphatic rings. The van der Waals surface area contributed by atoms with Gasteiger partial charge in [0.25, 0.3) is 11.5 Å². The molecule has 0 spiro atoms. The van der Waals surface area contributed by atoms with Gasteiger partial charge in [-0.05, 0) is 18.2 Å². The Hall–Kier alpha value is -4.81. The monoisotopic (exact) mass is 502 g/mol. The molecule has 1 amide bonds. The number of carboxylic acids is 1. The fraction of sp³-hybridized carbons (Fsp3) is 0.130. The zero-order valence-electron chi connectivity index (χ0n) is 18.4. The third-order valence-corrected chi connectivity index (χ3v) is 5.04. The van der Waals surface area contributed by atoms with Crippen molar-refractivity contribution >= 4 is 28.3 Å². The van der Waals surface area contributed by atoms with Crippen LogP contribution in [0.3, 0.4) is 0 Å². The number of methoxy groups -OCH3 is 1. The maximum absolute atomic E-state index is 14.2. The first-order valence-corrected chi connectivity index (χ1v) is 10.2. The first-order chi connectivity index (χ1) is 17.1. The molecule has 3 N–H and O–H groups in total. The fourth-order valence-electron chi connectivity index (χ4n) is 3.55. The molecule has 0 atom stereocenters. The lowest BCUT2D eigenvalue weighted by Gasteiger charge is -2.15. The summed E-state index contributed by atoms with van der Waals surface area (Å²) in [5.41, 5.74) is -2.67. The molecule has 4 rings (SSSR count). The number of alkyl halides is 3. The molecule has 0 saturated heterocycles. The average molecular weight is 502 g/mol. The van der Waals surface area contributed by atoms with E-state index in [0.717, 1.165) is 6.20 Å². The Kier molecular flexibility index (Phi) is 6.38. The summed E-state index contributed by atoms with van der Waals surface area (Å²) in [7, 11) is 1.31. The van der Waals surface area contributed by atoms with Gasteiger partial charge in [-0.2, -0.15) is 18.3 Å². The molecule has 0 fully saturated rings. The number of carbonyl (C=O) groups is 2. The number of carboxylic acid groups (broad SMARTS) is 1. The van der Waals surface area contributed by atoms with Gasteiger partial charge in [0.2, 0.25) is 0 Å². The number of fused-ring (bicyclic) bond motifs is 1. The van der Waals surface area contributed by atoms with Crippen molar-refractivity contribution < 1.29 is 37.3 Å². The number of benzene rings is 2. The Labute approximate surface area is 199 Å². The maximum atomic E-state index is 14.2. The van der Waals surface area contributed by atoms with E-state index in [1.165, 1.54) is 55.8 Å². The van der Waals surface area contributed by atoms with Gasteiger partial charge < -0.3 is 24.9 Å². The van der Waals surface area contributed by atoms with E-state index < -0.39 is 41.5 Å². The second-order valence-electron chi connectivity index (χ2n) is 7.40. The molecule has 10 nitrogen and oxygen atoms in total. The van der Waals surface area contributed by atoms with E-state index in [2.05, 4.69) is 15.4 Å². The summed E-state index contributed by atoms with van der Waals surface area (Å²) in [6.45, 7) is -0.681. The number of anilines is 1. The van der Waals surface area contributed by atoms with Crippen molar-refractivity contribution in [3.8, 4) is 17.2 Å². The van der Waals surface area contributed by atoms with Crippen LogP contribution in [-0.4, -0.2) is 45.5 Å². The van der Waals surface area contributed by atoms with Gasteiger partial charge >= 0.3 is 12.1 Å². The lowest BCUT2D eigenvalue weighted by molar-refractivity contribution is -0.143. The van der Waals surface area contributed by atoms with Crippen LogP contribution in [0.2, 0.25) is 0 Å². The minimum absolute atomic E-state index is 0.00249. The number of H-pyrrole nitrogens is 1. The Bertz CT molecular complexity index is 1530. The highest BCUT2D eigenvalue weighted by Crippen LogP contribution is 2.35. The van der Waals surface area contributed by atoms with Crippen molar-refractivity contribution in [2.24, 2.45) is 0 Å². The number of halogens is 3. The topological polar surface area (TPSA) is 136 Å². The van der Waals surface area contributed by atoms with Gasteiger partial charge in [0, 0.05) is 40.9 Å². The summed E-state index contributed by atoms with van der Waals surface area (Å²) in [6.07, 6.45) is -2.92. The second kappa shape index (κ2) is 9.44. The molecule has 2 aromatic carbocycles. The van der Waals surface area contributed by atoms with Gasteiger partial charge in [0.1, 0.15) is 11.5 Å². The standard InChI is InChI=1S/C23H17F3N4O6/c1-35-13-7-12(8-14(9-13)36-11-19(31)32)29-22(34)17-10-28-30(20(17)23(24,25)26)18-4-2-3-16-15(18)5-6-27-21(16)33/h2-10H,11H2,1H3,(H,27,33)(H,29,34)(H,31,32). The van der Waals surface area contributed by atoms with Gasteiger partial charge in [0.05, 0.1) is 24.6 Å². The molecule has 2 aromatic heterocycles. The van der Waals surface area contributed by atoms with Crippen LogP contribution in [0.15, 0.2) is 59.7 Å². The predicted octanol–water partition coefficient (Wildman–Crippen LogP) is 3.46. The van der Waals surface area contributed by atoms with E-state index in [4.69, 9.17) is 14.6 Å². The quantitative estimate of drug-likeness (QED) is 0.352. The number of aliphatic carboxylic acids is 1. The number of rotatable bonds is 7. The van der Waals surface area contributed by atoms with Crippen LogP contribution in [0.1, 0.15) is 16.1 Å². The summed E-state index contributed by atoms with van der Waals surface area (Å²) >= 11 is 0. The molecular formula is C23H17F3N4O6. The van der Waals surface area contributed by atoms with Gasteiger partial charge in [-0.25, -0.2) is 9.48 Å². The summed E-state index contributed by atoms with van der Waals surface area (Å²) < 4.78 is 53.2. The number of nitrogens with zero attached hydrogens (tertiary/aromatic N) is 2. The smallest absolute Gasteiger partial charge is 0.434 e. The molecule has 2 heterocycles. The fourth-order valence-corrected chi connectivity index (χ4v) is 3.55. The van der Waals surface area contributed by atoms with Crippen LogP contribution in [0.4, 0.5) is 18.9 Å². The van der Waals surface area contributed by atoms with E-state index in [9.17, 15) is 27.6 Å². The number of ether oxygens (including phenoxy) is 2. The number of aromatic nitrogens is 3. The number of hydrogen-bond acceptors (Lipinski definition) is 6. The largest absolute Gasteiger partial charge is 0.497 e. The van der Waals surface area contributed by atoms with Gasteiger partial charge in [-0.3, -0.25) is 9.59 Å². The number of aromatic amines is 1. The molecule has 0 bridgehead atoms. The van der Waals surface area contributed by atoms with Gasteiger partial charge in [-0.1, -0.05) is 6.07 Å². The Morgan fingerprint density at radius 1 is 1.14 bits per heavy atom. The van der Waals surface area contributed by atoms with E-state index in [0.29, 0.717) is 4.68 Å². The Morgan fingerprint density at radius 3 is 2.58 bits per heavy atom. The summed E-state index contributed by atoms with van der Waals surface area (Å²) in [5.74, 6) is -2.20. The average Bonchev–Trinajstić information content (AvgIpc) is 3.28. The van der Waals surface area contributed by atoms with Crippen LogP contribution in [0.5, 0.6) is 11.5 Å². The zero-order chi connectivity index (χ0) is 26.0. The highest BCUT2D eigenvalue weighted by Gasteiger charge is 2.41. The van der Waals surface area contributed by atoms with Gasteiger partial charge in [-0.15, -0.1) is 0 Å². The van der Waals surface area contributed by atoms with E-state index in [1.54, 1.807) is 0 Å². The molecule has 36 heavy (non-hydrogen) atoms. The highest BCUT2D eigenvalue weighted by atomic mass is 19.4. The van der Waals surface area contributed by atoms with Crippen molar-refractivity contribution in [3.05, 3.63) is 76.5 Å². The molecule has 0 radical (unpaired) electrons. The molecule has 0 aliphatic carbocycles. The third kappa shape index (κ3) is 4.85. The first-order valence-electron chi connectivity index (χ1n) is 10.2. The normalized spacial score (nSPS) is 11.3. The van der Waals surface area contributed by atoms with Crippen molar-refractivity contribution in [3.63, 3.8) is 0 Å². The molecule has 4 aromatic rings. The highest BCUT2D eigenvalue weighted by molar-refractivity contribution is 6.05. The maximum Gasteiger partial charge on any atom is 0.434 e. The summed E-state index contributed by atoms with van der Waals surface area (Å²) in [6, 6.07) is 9.54. The van der Waals surface area contributed by atoms with E-state index in [1.807, 2.05) is 0 Å². The molecule has 0 saturated carbocycles. The van der Waals surface area contributed by atoms with Crippen molar-refractivity contribution in [2.75, 3.05) is 19.0 Å². The van der Waals surface area contributed by atoms with Crippen LogP contribution in [0, 0.1) is 0 Å². The minimum Gasteiger partial charge on any atom is -0.497 e. The molecule has 186 valence electrons. The minimum atomic E-state index is -4.99. The van der Waals surface area contributed by atoms with Crippen LogP contribution >= 0.6 is 0 Å². The lowest BCUT2D eigenvalue weighted by atomic mass is 10.1. The number of hydrogen-bond donors (Lipinski definition) is 3. The predicted molar refractivity (Wildman–Crippen MR) is 121 cm³/mol. The van der Waals surface area contributed by atoms with Gasteiger partial charge in [0.15, 0.2) is 12.3 Å². The van der Waals surface area contributed by atoms with Crippen molar-refractivity contribution in [1.29, 1.82) is 0 Å². The van der Waals surface area contributed by atoms with E-state index in [-0.39, 0.29) is 33.6 Å². The Morgan fingerprint density at radius 2 is 1.89 bits per heavy atom. The molecule has 0 unspecified atom stereocenters. The Balaban J connectivity index is 1.76. The molecular weight excluding hydrogens is 485 g/mol. The second-order valence-corrected chi connectivity index (χ2v) is 7.40. The van der Waals surface area contributed by atoms with Crippen molar-refractivity contribution in [2.45, 2.75) is 6.18 Å². The van der Waals surface area contributed by atoms with Crippen LogP contribution in [-0.2, 0) is 11.0 Å². The summed E-state index contributed by atoms with van der Waals surface area (Å²) in [4.78, 5) is 38.2. The first kappa shape index (κ1) is 24.3. The third-order valence-electron chi connectivity index (χ3n) is 5.04. The van der Waals surface area contributed by atoms with Crippen LogP contribution < -0.4 is 20.3 Å². The molecule has 0 aliphatic heterocycles.